The Morgan fingerprint density at radius 1 is 1.31 bits per heavy atom. The molecule has 0 N–H and O–H groups in total. The predicted octanol–water partition coefficient (Wildman–Crippen LogP) is 3.58. The lowest BCUT2D eigenvalue weighted by Gasteiger charge is -2.27. The number of carbonyl (C=O) groups excluding carboxylic acids is 1. The third-order valence-electron chi connectivity index (χ3n) is 5.08. The first-order chi connectivity index (χ1) is 14.0. The van der Waals surface area contributed by atoms with Crippen molar-refractivity contribution in [3.63, 3.8) is 0 Å². The van der Waals surface area contributed by atoms with Crippen molar-refractivity contribution in [1.29, 1.82) is 0 Å². The number of benzene rings is 1. The van der Waals surface area contributed by atoms with Gasteiger partial charge in [-0.3, -0.25) is 18.6 Å². The zero-order chi connectivity index (χ0) is 20.5. The van der Waals surface area contributed by atoms with Gasteiger partial charge in [-0.1, -0.05) is 29.8 Å². The number of nitrogens with zero attached hydrogens (tertiary/aromatic N) is 4. The number of hydrogen-bond acceptors (Lipinski definition) is 3. The van der Waals surface area contributed by atoms with Crippen molar-refractivity contribution in [2.24, 2.45) is 0 Å². The highest BCUT2D eigenvalue weighted by atomic mass is 35.5. The van der Waals surface area contributed by atoms with E-state index in [0.29, 0.717) is 36.6 Å². The summed E-state index contributed by atoms with van der Waals surface area (Å²) in [4.78, 5) is 31.7. The average Bonchev–Trinajstić information content (AvgIpc) is 3.15. The number of piperidine rings is 1. The maximum Gasteiger partial charge on any atom is 0.295 e. The molecule has 8 heteroatoms. The molecule has 0 atom stereocenters. The van der Waals surface area contributed by atoms with Gasteiger partial charge in [0.25, 0.3) is 11.5 Å². The molecule has 0 unspecified atom stereocenters. The Balaban J connectivity index is 1.80. The van der Waals surface area contributed by atoms with E-state index >= 15 is 0 Å². The second-order valence-corrected chi connectivity index (χ2v) is 7.49. The Kier molecular flexibility index (Phi) is 5.24. The fourth-order valence-electron chi connectivity index (χ4n) is 3.59. The predicted molar refractivity (Wildman–Crippen MR) is 110 cm³/mol. The smallest absolute Gasteiger partial charge is 0.295 e. The molecule has 1 aromatic carbocycles. The normalized spacial score (nSPS) is 15.0. The highest BCUT2D eigenvalue weighted by molar-refractivity contribution is 6.30. The Hall–Kier alpha value is -2.93. The molecule has 0 bridgehead atoms. The molecule has 29 heavy (non-hydrogen) atoms. The van der Waals surface area contributed by atoms with Crippen LogP contribution in [-0.4, -0.2) is 44.0 Å². The summed E-state index contributed by atoms with van der Waals surface area (Å²) in [6.07, 6.45) is 4.71. The SMILES string of the molecule is C=CCn1c(-c2cccc(Cl)c2)cn2cc(C(=O)N3CCC(F)CC3)nc2c1=O. The monoisotopic (exact) mass is 414 g/mol. The van der Waals surface area contributed by atoms with E-state index in [4.69, 9.17) is 11.6 Å². The third-order valence-corrected chi connectivity index (χ3v) is 5.32. The lowest BCUT2D eigenvalue weighted by Crippen LogP contribution is -2.39. The number of rotatable bonds is 4. The van der Waals surface area contributed by atoms with Crippen LogP contribution in [0.3, 0.4) is 0 Å². The molecule has 0 saturated carbocycles. The largest absolute Gasteiger partial charge is 0.337 e. The molecule has 150 valence electrons. The number of aromatic nitrogens is 3. The number of fused-ring (bicyclic) bond motifs is 1. The van der Waals surface area contributed by atoms with Crippen LogP contribution in [0, 0.1) is 0 Å². The number of imidazole rings is 1. The fraction of sp³-hybridized carbons (Fsp3) is 0.286. The lowest BCUT2D eigenvalue weighted by atomic mass is 10.1. The van der Waals surface area contributed by atoms with Crippen molar-refractivity contribution in [1.82, 2.24) is 18.9 Å². The van der Waals surface area contributed by atoms with Crippen molar-refractivity contribution >= 4 is 23.2 Å². The molecule has 3 aromatic rings. The van der Waals surface area contributed by atoms with Crippen molar-refractivity contribution in [2.45, 2.75) is 25.6 Å². The van der Waals surface area contributed by atoms with Crippen LogP contribution in [0.4, 0.5) is 4.39 Å². The van der Waals surface area contributed by atoms with Crippen LogP contribution < -0.4 is 5.56 Å². The molecule has 4 rings (SSSR count). The van der Waals surface area contributed by atoms with Gasteiger partial charge in [-0.05, 0) is 25.0 Å². The van der Waals surface area contributed by atoms with Crippen LogP contribution in [0.2, 0.25) is 5.02 Å². The van der Waals surface area contributed by atoms with Gasteiger partial charge < -0.3 is 4.90 Å². The number of halogens is 2. The lowest BCUT2D eigenvalue weighted by molar-refractivity contribution is 0.0662. The number of amides is 1. The van der Waals surface area contributed by atoms with Crippen LogP contribution in [0.1, 0.15) is 23.3 Å². The van der Waals surface area contributed by atoms with E-state index in [2.05, 4.69) is 11.6 Å². The Labute approximate surface area is 171 Å². The molecule has 0 radical (unpaired) electrons. The molecule has 1 aliphatic rings. The van der Waals surface area contributed by atoms with Gasteiger partial charge in [-0.25, -0.2) is 9.37 Å². The molecule has 1 fully saturated rings. The van der Waals surface area contributed by atoms with E-state index in [0.717, 1.165) is 5.56 Å². The average molecular weight is 415 g/mol. The minimum atomic E-state index is -0.869. The van der Waals surface area contributed by atoms with E-state index in [-0.39, 0.29) is 29.4 Å². The van der Waals surface area contributed by atoms with Crippen molar-refractivity contribution in [3.05, 3.63) is 70.4 Å². The van der Waals surface area contributed by atoms with Crippen molar-refractivity contribution < 1.29 is 9.18 Å². The van der Waals surface area contributed by atoms with Gasteiger partial charge in [-0.15, -0.1) is 6.58 Å². The van der Waals surface area contributed by atoms with Crippen LogP contribution in [0.25, 0.3) is 16.9 Å². The summed E-state index contributed by atoms with van der Waals surface area (Å²) in [7, 11) is 0. The van der Waals surface area contributed by atoms with E-state index < -0.39 is 6.17 Å². The number of allylic oxidation sites excluding steroid dienone is 1. The quantitative estimate of drug-likeness (QED) is 0.613. The molecule has 1 saturated heterocycles. The maximum atomic E-state index is 13.4. The first kappa shape index (κ1) is 19.4. The highest BCUT2D eigenvalue weighted by Gasteiger charge is 2.25. The summed E-state index contributed by atoms with van der Waals surface area (Å²) in [6.45, 7) is 4.71. The fourth-order valence-corrected chi connectivity index (χ4v) is 3.78. The first-order valence-electron chi connectivity index (χ1n) is 9.40. The van der Waals surface area contributed by atoms with Gasteiger partial charge in [0.05, 0.1) is 5.69 Å². The van der Waals surface area contributed by atoms with Crippen LogP contribution in [0.15, 0.2) is 54.1 Å². The molecular weight excluding hydrogens is 395 g/mol. The van der Waals surface area contributed by atoms with E-state index in [1.165, 1.54) is 0 Å². The van der Waals surface area contributed by atoms with Gasteiger partial charge in [0.1, 0.15) is 11.9 Å². The summed E-state index contributed by atoms with van der Waals surface area (Å²) >= 11 is 6.12. The molecular formula is C21H20ClFN4O2. The number of alkyl halides is 1. The van der Waals surface area contributed by atoms with Gasteiger partial charge in [0.2, 0.25) is 5.65 Å². The maximum absolute atomic E-state index is 13.4. The molecule has 6 nitrogen and oxygen atoms in total. The third kappa shape index (κ3) is 3.70. The van der Waals surface area contributed by atoms with Gasteiger partial charge in [0, 0.05) is 42.6 Å². The molecule has 0 spiro atoms. The van der Waals surface area contributed by atoms with Crippen molar-refractivity contribution in [2.75, 3.05) is 13.1 Å². The molecule has 1 aliphatic heterocycles. The summed E-state index contributed by atoms with van der Waals surface area (Å²) < 4.78 is 16.5. The number of likely N-dealkylation sites (tertiary alicyclic amines) is 1. The van der Waals surface area contributed by atoms with Crippen LogP contribution in [0.5, 0.6) is 0 Å². The van der Waals surface area contributed by atoms with Crippen LogP contribution >= 0.6 is 11.6 Å². The second-order valence-electron chi connectivity index (χ2n) is 7.05. The molecule has 0 aliphatic carbocycles. The highest BCUT2D eigenvalue weighted by Crippen LogP contribution is 2.23. The first-order valence-corrected chi connectivity index (χ1v) is 9.78. The summed E-state index contributed by atoms with van der Waals surface area (Å²) in [5.74, 6) is -0.292. The Morgan fingerprint density at radius 2 is 2.07 bits per heavy atom. The Bertz CT molecular complexity index is 1150. The van der Waals surface area contributed by atoms with Gasteiger partial charge >= 0.3 is 0 Å². The molecule has 1 amide bonds. The minimum absolute atomic E-state index is 0.154. The topological polar surface area (TPSA) is 59.6 Å². The zero-order valence-electron chi connectivity index (χ0n) is 15.7. The summed E-state index contributed by atoms with van der Waals surface area (Å²) in [5.41, 5.74) is 1.41. The second kappa shape index (κ2) is 7.83. The standard InChI is InChI=1S/C21H20ClFN4O2/c1-2-8-27-18(14-4-3-5-15(22)11-14)13-26-12-17(24-19(26)21(27)29)20(28)25-9-6-16(23)7-10-25/h2-5,11-13,16H,1,6-10H2. The zero-order valence-corrected chi connectivity index (χ0v) is 16.5. The van der Waals surface area contributed by atoms with Gasteiger partial charge in [0.15, 0.2) is 0 Å². The van der Waals surface area contributed by atoms with E-state index in [9.17, 15) is 14.0 Å². The Morgan fingerprint density at radius 3 is 2.76 bits per heavy atom. The number of hydrogen-bond donors (Lipinski definition) is 0. The van der Waals surface area contributed by atoms with E-state index in [1.54, 1.807) is 44.5 Å². The summed E-state index contributed by atoms with van der Waals surface area (Å²) in [5, 5.41) is 0.554. The van der Waals surface area contributed by atoms with Gasteiger partial charge in [-0.2, -0.15) is 0 Å². The van der Waals surface area contributed by atoms with Crippen molar-refractivity contribution in [3.8, 4) is 11.3 Å². The number of carbonyl (C=O) groups is 1. The van der Waals surface area contributed by atoms with E-state index in [1.807, 2.05) is 12.1 Å². The minimum Gasteiger partial charge on any atom is -0.337 e. The molecule has 3 heterocycles. The van der Waals surface area contributed by atoms with Crippen LogP contribution in [-0.2, 0) is 6.54 Å². The summed E-state index contributed by atoms with van der Waals surface area (Å²) in [6, 6.07) is 7.19. The molecule has 2 aromatic heterocycles.